The van der Waals surface area contributed by atoms with Crippen LogP contribution in [0.4, 0.5) is 9.52 Å². The van der Waals surface area contributed by atoms with Gasteiger partial charge in [0.25, 0.3) is 5.91 Å². The Morgan fingerprint density at radius 2 is 2.15 bits per heavy atom. The maximum atomic E-state index is 13.4. The summed E-state index contributed by atoms with van der Waals surface area (Å²) in [7, 11) is 0. The summed E-state index contributed by atoms with van der Waals surface area (Å²) < 4.78 is 20.0. The fourth-order valence-electron chi connectivity index (χ4n) is 3.07. The van der Waals surface area contributed by atoms with E-state index >= 15 is 0 Å². The number of fused-ring (bicyclic) bond motifs is 1. The van der Waals surface area contributed by atoms with E-state index in [4.69, 9.17) is 27.9 Å². The molecule has 1 fully saturated rings. The lowest BCUT2D eigenvalue weighted by Gasteiger charge is -2.23. The number of benzene rings is 2. The SMILES string of the molecule is O=C(c1ccc(F)cc1Cl)N(CC1CCCO1)c1nc2c(Cl)cccc2s1. The highest BCUT2D eigenvalue weighted by Crippen LogP contribution is 2.34. The van der Waals surface area contributed by atoms with Gasteiger partial charge in [-0.2, -0.15) is 0 Å². The lowest BCUT2D eigenvalue weighted by Crippen LogP contribution is -2.37. The van der Waals surface area contributed by atoms with Gasteiger partial charge in [-0.05, 0) is 43.2 Å². The van der Waals surface area contributed by atoms with Crippen molar-refractivity contribution in [2.75, 3.05) is 18.1 Å². The van der Waals surface area contributed by atoms with Crippen LogP contribution in [0, 0.1) is 5.82 Å². The highest BCUT2D eigenvalue weighted by atomic mass is 35.5. The predicted molar refractivity (Wildman–Crippen MR) is 107 cm³/mol. The van der Waals surface area contributed by atoms with Crippen LogP contribution in [-0.2, 0) is 4.74 Å². The van der Waals surface area contributed by atoms with E-state index in [2.05, 4.69) is 4.98 Å². The van der Waals surface area contributed by atoms with Gasteiger partial charge in [-0.25, -0.2) is 9.37 Å². The quantitative estimate of drug-likeness (QED) is 0.549. The van der Waals surface area contributed by atoms with Crippen molar-refractivity contribution in [3.8, 4) is 0 Å². The molecule has 1 unspecified atom stereocenters. The second kappa shape index (κ2) is 7.72. The number of hydrogen-bond donors (Lipinski definition) is 0. The standard InChI is InChI=1S/C19H15Cl2FN2O2S/c20-14-4-1-5-16-17(14)23-19(27-16)24(10-12-3-2-8-26-12)18(25)13-7-6-11(22)9-15(13)21/h1,4-7,9,12H,2-3,8,10H2. The Labute approximate surface area is 169 Å². The number of aromatic nitrogens is 1. The van der Waals surface area contributed by atoms with Gasteiger partial charge in [0.05, 0.1) is 33.0 Å². The number of carbonyl (C=O) groups is 1. The summed E-state index contributed by atoms with van der Waals surface area (Å²) in [6.07, 6.45) is 1.75. The molecule has 0 aliphatic carbocycles. The third kappa shape index (κ3) is 3.80. The van der Waals surface area contributed by atoms with E-state index in [9.17, 15) is 9.18 Å². The van der Waals surface area contributed by atoms with Crippen LogP contribution in [0.25, 0.3) is 10.2 Å². The third-order valence-corrected chi connectivity index (χ3v) is 6.07. The fourth-order valence-corrected chi connectivity index (χ4v) is 4.59. The second-order valence-electron chi connectivity index (χ2n) is 6.26. The van der Waals surface area contributed by atoms with Gasteiger partial charge < -0.3 is 4.74 Å². The molecule has 1 aliphatic heterocycles. The number of anilines is 1. The number of ether oxygens (including phenoxy) is 1. The molecule has 0 bridgehead atoms. The number of carbonyl (C=O) groups excluding carboxylic acids is 1. The van der Waals surface area contributed by atoms with Crippen LogP contribution in [0.3, 0.4) is 0 Å². The first-order valence-corrected chi connectivity index (χ1v) is 10.0. The van der Waals surface area contributed by atoms with Crippen molar-refractivity contribution in [1.82, 2.24) is 4.98 Å². The van der Waals surface area contributed by atoms with Crippen LogP contribution in [0.5, 0.6) is 0 Å². The highest BCUT2D eigenvalue weighted by Gasteiger charge is 2.28. The van der Waals surface area contributed by atoms with Gasteiger partial charge in [-0.1, -0.05) is 40.6 Å². The molecule has 0 saturated carbocycles. The summed E-state index contributed by atoms with van der Waals surface area (Å²) in [4.78, 5) is 19.3. The van der Waals surface area contributed by atoms with Crippen molar-refractivity contribution in [3.63, 3.8) is 0 Å². The molecule has 3 aromatic rings. The van der Waals surface area contributed by atoms with Crippen LogP contribution in [0.1, 0.15) is 23.2 Å². The third-order valence-electron chi connectivity index (χ3n) is 4.41. The van der Waals surface area contributed by atoms with Gasteiger partial charge in [0.15, 0.2) is 5.13 Å². The van der Waals surface area contributed by atoms with E-state index in [-0.39, 0.29) is 22.6 Å². The Bertz CT molecular complexity index is 1000. The first kappa shape index (κ1) is 18.6. The van der Waals surface area contributed by atoms with Crippen molar-refractivity contribution in [2.45, 2.75) is 18.9 Å². The second-order valence-corrected chi connectivity index (χ2v) is 8.08. The molecule has 2 heterocycles. The summed E-state index contributed by atoms with van der Waals surface area (Å²) in [6, 6.07) is 9.25. The summed E-state index contributed by atoms with van der Waals surface area (Å²) in [5, 5.41) is 1.11. The Kier molecular flexibility index (Phi) is 5.32. The van der Waals surface area contributed by atoms with E-state index in [1.165, 1.54) is 23.5 Å². The minimum atomic E-state index is -0.492. The number of rotatable bonds is 4. The maximum Gasteiger partial charge on any atom is 0.261 e. The first-order valence-electron chi connectivity index (χ1n) is 8.46. The van der Waals surface area contributed by atoms with E-state index in [0.29, 0.717) is 28.8 Å². The van der Waals surface area contributed by atoms with Gasteiger partial charge in [0.1, 0.15) is 11.3 Å². The predicted octanol–water partition coefficient (Wildman–Crippen LogP) is 5.57. The Morgan fingerprint density at radius 1 is 1.30 bits per heavy atom. The zero-order valence-corrected chi connectivity index (χ0v) is 16.5. The molecule has 1 saturated heterocycles. The summed E-state index contributed by atoms with van der Waals surface area (Å²) in [6.45, 7) is 1.03. The normalized spacial score (nSPS) is 16.8. The Balaban J connectivity index is 1.75. The maximum absolute atomic E-state index is 13.4. The van der Waals surface area contributed by atoms with Gasteiger partial charge in [-0.15, -0.1) is 0 Å². The van der Waals surface area contributed by atoms with Gasteiger partial charge in [0.2, 0.25) is 0 Å². The highest BCUT2D eigenvalue weighted by molar-refractivity contribution is 7.22. The molecule has 140 valence electrons. The summed E-state index contributed by atoms with van der Waals surface area (Å²) in [5.41, 5.74) is 0.871. The topological polar surface area (TPSA) is 42.4 Å². The van der Waals surface area contributed by atoms with Crippen LogP contribution >= 0.6 is 34.5 Å². The number of nitrogens with zero attached hydrogens (tertiary/aromatic N) is 2. The molecule has 0 radical (unpaired) electrons. The zero-order chi connectivity index (χ0) is 19.0. The molecular formula is C19H15Cl2FN2O2S. The van der Waals surface area contributed by atoms with Crippen LogP contribution < -0.4 is 4.90 Å². The average molecular weight is 425 g/mol. The first-order chi connectivity index (χ1) is 13.0. The van der Waals surface area contributed by atoms with Crippen LogP contribution in [0.2, 0.25) is 10.0 Å². The minimum absolute atomic E-state index is 0.0662. The molecule has 1 aliphatic rings. The molecule has 8 heteroatoms. The monoisotopic (exact) mass is 424 g/mol. The summed E-state index contributed by atoms with van der Waals surface area (Å²) in [5.74, 6) is -0.834. The average Bonchev–Trinajstić information content (AvgIpc) is 3.29. The van der Waals surface area contributed by atoms with Gasteiger partial charge in [-0.3, -0.25) is 9.69 Å². The molecule has 4 nitrogen and oxygen atoms in total. The zero-order valence-electron chi connectivity index (χ0n) is 14.1. The van der Waals surface area contributed by atoms with Gasteiger partial charge in [0, 0.05) is 6.61 Å². The van der Waals surface area contributed by atoms with Crippen LogP contribution in [0.15, 0.2) is 36.4 Å². The molecule has 1 atom stereocenters. The Hall–Kier alpha value is -1.73. The fraction of sp³-hybridized carbons (Fsp3) is 0.263. The largest absolute Gasteiger partial charge is 0.376 e. The molecule has 2 aromatic carbocycles. The summed E-state index contributed by atoms with van der Waals surface area (Å²) >= 11 is 13.7. The van der Waals surface area contributed by atoms with E-state index in [1.807, 2.05) is 12.1 Å². The van der Waals surface area contributed by atoms with Crippen molar-refractivity contribution in [1.29, 1.82) is 0 Å². The molecule has 0 spiro atoms. The van der Waals surface area contributed by atoms with Gasteiger partial charge >= 0.3 is 0 Å². The van der Waals surface area contributed by atoms with Crippen molar-refractivity contribution in [2.24, 2.45) is 0 Å². The molecular weight excluding hydrogens is 410 g/mol. The molecule has 4 rings (SSSR count). The number of amides is 1. The minimum Gasteiger partial charge on any atom is -0.376 e. The molecule has 27 heavy (non-hydrogen) atoms. The van der Waals surface area contributed by atoms with E-state index in [0.717, 1.165) is 23.6 Å². The van der Waals surface area contributed by atoms with E-state index in [1.54, 1.807) is 11.0 Å². The molecule has 0 N–H and O–H groups in total. The number of para-hydroxylation sites is 1. The van der Waals surface area contributed by atoms with Crippen molar-refractivity contribution in [3.05, 3.63) is 57.8 Å². The smallest absolute Gasteiger partial charge is 0.261 e. The Morgan fingerprint density at radius 3 is 2.85 bits per heavy atom. The molecule has 1 aromatic heterocycles. The number of hydrogen-bond acceptors (Lipinski definition) is 4. The van der Waals surface area contributed by atoms with Crippen molar-refractivity contribution >= 4 is 55.8 Å². The lowest BCUT2D eigenvalue weighted by atomic mass is 10.1. The van der Waals surface area contributed by atoms with Crippen LogP contribution in [-0.4, -0.2) is 30.1 Å². The number of thiazole rings is 1. The number of halogens is 3. The lowest BCUT2D eigenvalue weighted by molar-refractivity contribution is 0.0917. The molecule has 1 amide bonds. The van der Waals surface area contributed by atoms with Crippen molar-refractivity contribution < 1.29 is 13.9 Å². The van der Waals surface area contributed by atoms with E-state index < -0.39 is 5.82 Å².